The van der Waals surface area contributed by atoms with Gasteiger partial charge >= 0.3 is 16.2 Å². The van der Waals surface area contributed by atoms with Crippen LogP contribution < -0.4 is 0 Å². The summed E-state index contributed by atoms with van der Waals surface area (Å²) < 4.78 is 35.9. The van der Waals surface area contributed by atoms with Gasteiger partial charge in [-0.25, -0.2) is 9.10 Å². The summed E-state index contributed by atoms with van der Waals surface area (Å²) in [6.45, 7) is 3.68. The summed E-state index contributed by atoms with van der Waals surface area (Å²) in [6, 6.07) is 5.41. The fourth-order valence-corrected chi connectivity index (χ4v) is 3.59. The number of fused-ring (bicyclic) bond motifs is 1. The molecule has 0 saturated carbocycles. The molecule has 0 N–H and O–H groups in total. The number of nitrogens with zero attached hydrogens (tertiary/aromatic N) is 4. The van der Waals surface area contributed by atoms with Crippen molar-refractivity contribution < 1.29 is 17.9 Å². The number of aryl methyl sites for hydroxylation is 2. The Morgan fingerprint density at radius 2 is 2.00 bits per heavy atom. The topological polar surface area (TPSA) is 93.9 Å². The van der Waals surface area contributed by atoms with Gasteiger partial charge in [0.15, 0.2) is 0 Å². The van der Waals surface area contributed by atoms with Gasteiger partial charge < -0.3 is 4.74 Å². The minimum atomic E-state index is -4.00. The molecule has 0 saturated heterocycles. The van der Waals surface area contributed by atoms with Gasteiger partial charge in [0.2, 0.25) is 0 Å². The van der Waals surface area contributed by atoms with Gasteiger partial charge in [0.25, 0.3) is 0 Å². The minimum absolute atomic E-state index is 0.0742. The predicted octanol–water partition coefficient (Wildman–Crippen LogP) is 1.31. The van der Waals surface area contributed by atoms with Crippen molar-refractivity contribution in [1.29, 1.82) is 0 Å². The average Bonchev–Trinajstić information content (AvgIpc) is 2.84. The Morgan fingerprint density at radius 1 is 1.28 bits per heavy atom. The molecule has 1 aromatic carbocycles. The van der Waals surface area contributed by atoms with Crippen molar-refractivity contribution in [1.82, 2.24) is 14.1 Å². The number of hydrogen-bond donors (Lipinski definition) is 0. The van der Waals surface area contributed by atoms with Gasteiger partial charge in [-0.1, -0.05) is 6.07 Å². The molecule has 2 aromatic rings. The highest BCUT2D eigenvalue weighted by Gasteiger charge is 2.30. The van der Waals surface area contributed by atoms with Crippen LogP contribution >= 0.6 is 0 Å². The first-order chi connectivity index (χ1) is 11.7. The van der Waals surface area contributed by atoms with Crippen molar-refractivity contribution in [3.63, 3.8) is 0 Å². The predicted molar refractivity (Wildman–Crippen MR) is 93.4 cm³/mol. The number of hydrogen-bond acceptors (Lipinski definition) is 5. The lowest BCUT2D eigenvalue weighted by atomic mass is 10.1. The SMILES string of the molecule is CCOC(=O)C1=CC(c2ccc3c(c2)c(C)nn3C)=NS(=O)(=O)N1C. The molecular formula is C16H18N4O4S. The maximum atomic E-state index is 12.3. The lowest BCUT2D eigenvalue weighted by molar-refractivity contribution is -0.139. The van der Waals surface area contributed by atoms with E-state index in [1.54, 1.807) is 17.7 Å². The third-order valence-corrected chi connectivity index (χ3v) is 5.30. The highest BCUT2D eigenvalue weighted by atomic mass is 32.2. The first-order valence-electron chi connectivity index (χ1n) is 7.66. The van der Waals surface area contributed by atoms with Crippen LogP contribution in [0.25, 0.3) is 10.9 Å². The summed E-state index contributed by atoms with van der Waals surface area (Å²) >= 11 is 0. The van der Waals surface area contributed by atoms with Gasteiger partial charge in [-0.3, -0.25) is 4.68 Å². The van der Waals surface area contributed by atoms with Crippen LogP contribution in [0.4, 0.5) is 0 Å². The quantitative estimate of drug-likeness (QED) is 0.768. The molecule has 0 aliphatic carbocycles. The second-order valence-corrected chi connectivity index (χ2v) is 7.24. The number of esters is 1. The molecule has 8 nitrogen and oxygen atoms in total. The molecule has 2 heterocycles. The van der Waals surface area contributed by atoms with Crippen LogP contribution in [0.2, 0.25) is 0 Å². The molecule has 25 heavy (non-hydrogen) atoms. The second kappa shape index (κ2) is 5.99. The lowest BCUT2D eigenvalue weighted by Crippen LogP contribution is -2.34. The van der Waals surface area contributed by atoms with Gasteiger partial charge in [-0.2, -0.15) is 13.5 Å². The van der Waals surface area contributed by atoms with Crippen molar-refractivity contribution >= 4 is 32.8 Å². The molecule has 0 fully saturated rings. The van der Waals surface area contributed by atoms with Crippen molar-refractivity contribution in [2.75, 3.05) is 13.7 Å². The van der Waals surface area contributed by atoms with E-state index in [1.165, 1.54) is 13.1 Å². The van der Waals surface area contributed by atoms with E-state index < -0.39 is 16.2 Å². The third kappa shape index (κ3) is 2.91. The number of carbonyl (C=O) groups excluding carboxylic acids is 1. The Kier molecular flexibility index (Phi) is 4.11. The van der Waals surface area contributed by atoms with Crippen molar-refractivity contribution in [2.24, 2.45) is 11.4 Å². The normalized spacial score (nSPS) is 16.6. The smallest absolute Gasteiger partial charge is 0.355 e. The number of rotatable bonds is 3. The van der Waals surface area contributed by atoms with Gasteiger partial charge in [-0.05, 0) is 32.1 Å². The number of likely N-dealkylation sites (N-methyl/N-ethyl adjacent to an activating group) is 1. The van der Waals surface area contributed by atoms with Crippen molar-refractivity contribution in [3.8, 4) is 0 Å². The monoisotopic (exact) mass is 362 g/mol. The molecular weight excluding hydrogens is 344 g/mol. The highest BCUT2D eigenvalue weighted by Crippen LogP contribution is 2.24. The Hall–Kier alpha value is -2.68. The number of carbonyl (C=O) groups is 1. The zero-order valence-electron chi connectivity index (χ0n) is 14.3. The Morgan fingerprint density at radius 3 is 2.68 bits per heavy atom. The zero-order chi connectivity index (χ0) is 18.4. The van der Waals surface area contributed by atoms with E-state index in [0.29, 0.717) is 5.56 Å². The van der Waals surface area contributed by atoms with Crippen LogP contribution in [0, 0.1) is 6.92 Å². The van der Waals surface area contributed by atoms with Crippen molar-refractivity contribution in [3.05, 3.63) is 41.2 Å². The van der Waals surface area contributed by atoms with E-state index in [0.717, 1.165) is 20.9 Å². The molecule has 9 heteroatoms. The van der Waals surface area contributed by atoms with Crippen LogP contribution in [-0.4, -0.2) is 47.8 Å². The van der Waals surface area contributed by atoms with Crippen LogP contribution in [0.1, 0.15) is 18.2 Å². The standard InChI is InChI=1S/C16H18N4O4S/c1-5-24-16(21)15-9-13(18-25(22,23)20(15)4)11-6-7-14-12(8-11)10(2)17-19(14)3/h6-9H,5H2,1-4H3. The Labute approximate surface area is 145 Å². The van der Waals surface area contributed by atoms with Crippen LogP contribution in [-0.2, 0) is 26.8 Å². The van der Waals surface area contributed by atoms with Gasteiger partial charge in [0.1, 0.15) is 5.70 Å². The lowest BCUT2D eigenvalue weighted by Gasteiger charge is -2.22. The zero-order valence-corrected chi connectivity index (χ0v) is 15.2. The summed E-state index contributed by atoms with van der Waals surface area (Å²) in [6.07, 6.45) is 1.42. The van der Waals surface area contributed by atoms with E-state index in [-0.39, 0.29) is 18.0 Å². The molecule has 1 aliphatic heterocycles. The highest BCUT2D eigenvalue weighted by molar-refractivity contribution is 7.88. The van der Waals surface area contributed by atoms with E-state index in [9.17, 15) is 13.2 Å². The first-order valence-corrected chi connectivity index (χ1v) is 9.05. The number of aromatic nitrogens is 2. The van der Waals surface area contributed by atoms with Gasteiger partial charge in [-0.15, -0.1) is 4.40 Å². The number of benzene rings is 1. The van der Waals surface area contributed by atoms with Crippen LogP contribution in [0.15, 0.2) is 34.4 Å². The molecule has 0 atom stereocenters. The van der Waals surface area contributed by atoms with Crippen LogP contribution in [0.3, 0.4) is 0 Å². The van der Waals surface area contributed by atoms with Crippen LogP contribution in [0.5, 0.6) is 0 Å². The molecule has 0 amide bonds. The minimum Gasteiger partial charge on any atom is -0.461 e. The number of ether oxygens (including phenoxy) is 1. The average molecular weight is 362 g/mol. The molecule has 1 aliphatic rings. The van der Waals surface area contributed by atoms with Crippen molar-refractivity contribution in [2.45, 2.75) is 13.8 Å². The Bertz CT molecular complexity index is 1030. The summed E-state index contributed by atoms with van der Waals surface area (Å²) in [7, 11) is -0.889. The third-order valence-electron chi connectivity index (χ3n) is 3.99. The Balaban J connectivity index is 2.15. The van der Waals surface area contributed by atoms with E-state index >= 15 is 0 Å². The fourth-order valence-electron chi connectivity index (χ4n) is 2.69. The summed E-state index contributed by atoms with van der Waals surface area (Å²) in [4.78, 5) is 12.1. The molecule has 3 rings (SSSR count). The summed E-state index contributed by atoms with van der Waals surface area (Å²) in [5.74, 6) is -0.709. The number of allylic oxidation sites excluding steroid dienone is 1. The second-order valence-electron chi connectivity index (χ2n) is 5.61. The molecule has 132 valence electrons. The van der Waals surface area contributed by atoms with E-state index in [2.05, 4.69) is 9.50 Å². The van der Waals surface area contributed by atoms with Gasteiger partial charge in [0, 0.05) is 25.0 Å². The fraction of sp³-hybridized carbons (Fsp3) is 0.312. The van der Waals surface area contributed by atoms with Gasteiger partial charge in [0.05, 0.1) is 23.5 Å². The molecule has 0 radical (unpaired) electrons. The largest absolute Gasteiger partial charge is 0.461 e. The summed E-state index contributed by atoms with van der Waals surface area (Å²) in [5, 5.41) is 5.24. The maximum Gasteiger partial charge on any atom is 0.355 e. The maximum absolute atomic E-state index is 12.3. The molecule has 0 bridgehead atoms. The van der Waals surface area contributed by atoms with E-state index in [1.807, 2.05) is 26.1 Å². The molecule has 1 aromatic heterocycles. The first kappa shape index (κ1) is 17.2. The van der Waals surface area contributed by atoms with E-state index in [4.69, 9.17) is 4.74 Å². The molecule has 0 unspecified atom stereocenters. The molecule has 0 spiro atoms. The summed E-state index contributed by atoms with van der Waals surface area (Å²) in [5.41, 5.74) is 2.45.